The van der Waals surface area contributed by atoms with E-state index in [1.165, 1.54) is 26.2 Å². The van der Waals surface area contributed by atoms with Gasteiger partial charge in [-0.1, -0.05) is 13.8 Å². The largest absolute Gasteiger partial charge is 0.379 e. The third kappa shape index (κ3) is 6.08. The second-order valence-corrected chi connectivity index (χ2v) is 7.07. The Bertz CT molecular complexity index is 260. The number of nitrogens with one attached hydrogen (secondary N) is 1. The van der Waals surface area contributed by atoms with Gasteiger partial charge in [0.2, 0.25) is 0 Å². The molecule has 1 fully saturated rings. The molecule has 0 aliphatic carbocycles. The molecule has 1 N–H and O–H groups in total. The second-order valence-electron chi connectivity index (χ2n) is 7.07. The lowest BCUT2D eigenvalue weighted by atomic mass is 10.0. The van der Waals surface area contributed by atoms with Gasteiger partial charge in [-0.15, -0.1) is 0 Å². The van der Waals surface area contributed by atoms with E-state index in [1.54, 1.807) is 7.11 Å². The minimum absolute atomic E-state index is 0.0197. The normalized spacial score (nSPS) is 20.6. The Hall–Kier alpha value is -0.160. The molecule has 1 aliphatic heterocycles. The molecule has 1 heterocycles. The van der Waals surface area contributed by atoms with Crippen molar-refractivity contribution in [3.63, 3.8) is 0 Å². The molecule has 0 bridgehead atoms. The zero-order valence-corrected chi connectivity index (χ0v) is 14.4. The number of hydrogen-bond donors (Lipinski definition) is 1. The maximum Gasteiger partial charge on any atom is 0.0634 e. The monoisotopic (exact) mass is 285 g/mol. The van der Waals surface area contributed by atoms with Crippen LogP contribution < -0.4 is 5.32 Å². The second kappa shape index (κ2) is 8.32. The van der Waals surface area contributed by atoms with Crippen molar-refractivity contribution in [1.29, 1.82) is 0 Å². The molecule has 20 heavy (non-hydrogen) atoms. The van der Waals surface area contributed by atoms with E-state index in [4.69, 9.17) is 4.74 Å². The summed E-state index contributed by atoms with van der Waals surface area (Å²) in [5.41, 5.74) is -0.0197. The van der Waals surface area contributed by atoms with Crippen LogP contribution in [0.15, 0.2) is 0 Å². The molecular formula is C16H35N3O. The first-order valence-corrected chi connectivity index (χ1v) is 8.04. The Labute approximate surface area is 125 Å². The standard InChI is InChI=1S/C16H35N3O/c1-14(2)15(19-11-9-18(5)10-12-19)13-17-8-7-16(3,4)20-6/h14-15,17H,7-13H2,1-6H3. The summed E-state index contributed by atoms with van der Waals surface area (Å²) in [6, 6.07) is 0.648. The minimum atomic E-state index is -0.0197. The van der Waals surface area contributed by atoms with Gasteiger partial charge in [0.15, 0.2) is 0 Å². The first-order chi connectivity index (χ1) is 9.35. The Balaban J connectivity index is 2.33. The summed E-state index contributed by atoms with van der Waals surface area (Å²) in [6.45, 7) is 15.9. The minimum Gasteiger partial charge on any atom is -0.379 e. The number of methoxy groups -OCH3 is 1. The van der Waals surface area contributed by atoms with Crippen LogP contribution in [0.2, 0.25) is 0 Å². The van der Waals surface area contributed by atoms with Crippen LogP contribution >= 0.6 is 0 Å². The van der Waals surface area contributed by atoms with Gasteiger partial charge in [-0.2, -0.15) is 0 Å². The Morgan fingerprint density at radius 2 is 1.75 bits per heavy atom. The number of piperazine rings is 1. The van der Waals surface area contributed by atoms with Crippen LogP contribution in [0.3, 0.4) is 0 Å². The van der Waals surface area contributed by atoms with Crippen LogP contribution in [0, 0.1) is 5.92 Å². The van der Waals surface area contributed by atoms with Gasteiger partial charge < -0.3 is 15.0 Å². The number of ether oxygens (including phenoxy) is 1. The van der Waals surface area contributed by atoms with Gasteiger partial charge >= 0.3 is 0 Å². The van der Waals surface area contributed by atoms with Crippen molar-refractivity contribution < 1.29 is 4.74 Å². The Kier molecular flexibility index (Phi) is 7.45. The van der Waals surface area contributed by atoms with Gasteiger partial charge in [0.1, 0.15) is 0 Å². The number of likely N-dealkylation sites (N-methyl/N-ethyl adjacent to an activating group) is 1. The van der Waals surface area contributed by atoms with Crippen molar-refractivity contribution in [3.05, 3.63) is 0 Å². The highest BCUT2D eigenvalue weighted by atomic mass is 16.5. The van der Waals surface area contributed by atoms with Gasteiger partial charge in [-0.25, -0.2) is 0 Å². The van der Waals surface area contributed by atoms with E-state index >= 15 is 0 Å². The van der Waals surface area contributed by atoms with Crippen molar-refractivity contribution in [1.82, 2.24) is 15.1 Å². The fraction of sp³-hybridized carbons (Fsp3) is 1.00. The van der Waals surface area contributed by atoms with Crippen LogP contribution in [0.4, 0.5) is 0 Å². The van der Waals surface area contributed by atoms with Crippen LogP contribution in [-0.4, -0.2) is 74.9 Å². The highest BCUT2D eigenvalue weighted by molar-refractivity contribution is 4.81. The molecule has 0 aromatic carbocycles. The van der Waals surface area contributed by atoms with Crippen molar-refractivity contribution in [2.45, 2.75) is 45.8 Å². The summed E-state index contributed by atoms with van der Waals surface area (Å²) in [7, 11) is 4.01. The lowest BCUT2D eigenvalue weighted by Crippen LogP contribution is -2.53. The van der Waals surface area contributed by atoms with E-state index in [2.05, 4.69) is 49.9 Å². The van der Waals surface area contributed by atoms with Crippen LogP contribution in [0.25, 0.3) is 0 Å². The zero-order valence-electron chi connectivity index (χ0n) is 14.4. The molecule has 1 unspecified atom stereocenters. The smallest absolute Gasteiger partial charge is 0.0634 e. The quantitative estimate of drug-likeness (QED) is 0.687. The third-order valence-electron chi connectivity index (χ3n) is 4.59. The summed E-state index contributed by atoms with van der Waals surface area (Å²) in [6.07, 6.45) is 1.05. The summed E-state index contributed by atoms with van der Waals surface area (Å²) >= 11 is 0. The number of nitrogens with zero attached hydrogens (tertiary/aromatic N) is 2. The predicted molar refractivity (Wildman–Crippen MR) is 86.3 cm³/mol. The first-order valence-electron chi connectivity index (χ1n) is 8.04. The summed E-state index contributed by atoms with van der Waals surface area (Å²) in [5.74, 6) is 0.696. The molecule has 1 aliphatic rings. The molecule has 120 valence electrons. The predicted octanol–water partition coefficient (Wildman–Crippen LogP) is 1.66. The highest BCUT2D eigenvalue weighted by Crippen LogP contribution is 2.14. The average molecular weight is 285 g/mol. The molecule has 4 nitrogen and oxygen atoms in total. The van der Waals surface area contributed by atoms with E-state index in [0.717, 1.165) is 19.5 Å². The fourth-order valence-electron chi connectivity index (χ4n) is 2.68. The van der Waals surface area contributed by atoms with Crippen molar-refractivity contribution >= 4 is 0 Å². The van der Waals surface area contributed by atoms with Crippen LogP contribution in [0.1, 0.15) is 34.1 Å². The van der Waals surface area contributed by atoms with E-state index in [9.17, 15) is 0 Å². The van der Waals surface area contributed by atoms with Gasteiger partial charge in [-0.05, 0) is 39.8 Å². The maximum atomic E-state index is 5.46. The molecule has 0 saturated carbocycles. The number of hydrogen-bond acceptors (Lipinski definition) is 4. The van der Waals surface area contributed by atoms with Gasteiger partial charge in [0, 0.05) is 45.9 Å². The summed E-state index contributed by atoms with van der Waals surface area (Å²) in [4.78, 5) is 5.07. The fourth-order valence-corrected chi connectivity index (χ4v) is 2.68. The Morgan fingerprint density at radius 1 is 1.15 bits per heavy atom. The topological polar surface area (TPSA) is 27.7 Å². The molecule has 0 spiro atoms. The van der Waals surface area contributed by atoms with Gasteiger partial charge in [0.05, 0.1) is 5.60 Å². The maximum absolute atomic E-state index is 5.46. The lowest BCUT2D eigenvalue weighted by molar-refractivity contribution is 0.0150. The molecule has 1 atom stereocenters. The van der Waals surface area contributed by atoms with Crippen molar-refractivity contribution in [2.75, 3.05) is 53.4 Å². The van der Waals surface area contributed by atoms with E-state index < -0.39 is 0 Å². The third-order valence-corrected chi connectivity index (χ3v) is 4.59. The van der Waals surface area contributed by atoms with Gasteiger partial charge in [-0.3, -0.25) is 4.90 Å². The highest BCUT2D eigenvalue weighted by Gasteiger charge is 2.24. The molecular weight excluding hydrogens is 250 g/mol. The molecule has 0 aromatic rings. The summed E-state index contributed by atoms with van der Waals surface area (Å²) < 4.78 is 5.46. The van der Waals surface area contributed by atoms with Crippen molar-refractivity contribution in [3.8, 4) is 0 Å². The van der Waals surface area contributed by atoms with Crippen LogP contribution in [-0.2, 0) is 4.74 Å². The van der Waals surface area contributed by atoms with Gasteiger partial charge in [0.25, 0.3) is 0 Å². The molecule has 0 amide bonds. The Morgan fingerprint density at radius 3 is 2.25 bits per heavy atom. The molecule has 4 heteroatoms. The SMILES string of the molecule is COC(C)(C)CCNCC(C(C)C)N1CCN(C)CC1. The zero-order chi connectivity index (χ0) is 15.2. The van der Waals surface area contributed by atoms with E-state index in [-0.39, 0.29) is 5.60 Å². The molecule has 0 aromatic heterocycles. The lowest BCUT2D eigenvalue weighted by Gasteiger charge is -2.40. The average Bonchev–Trinajstić information content (AvgIpc) is 2.40. The van der Waals surface area contributed by atoms with E-state index in [1.807, 2.05) is 0 Å². The molecule has 1 saturated heterocycles. The first kappa shape index (κ1) is 17.9. The summed E-state index contributed by atoms with van der Waals surface area (Å²) in [5, 5.41) is 3.63. The van der Waals surface area contributed by atoms with Crippen LogP contribution in [0.5, 0.6) is 0 Å². The van der Waals surface area contributed by atoms with E-state index in [0.29, 0.717) is 12.0 Å². The number of rotatable bonds is 8. The molecule has 0 radical (unpaired) electrons. The molecule has 1 rings (SSSR count). The van der Waals surface area contributed by atoms with Crippen molar-refractivity contribution in [2.24, 2.45) is 5.92 Å².